The number of fused-ring (bicyclic) bond motifs is 1. The first-order valence-corrected chi connectivity index (χ1v) is 10.6. The van der Waals surface area contributed by atoms with Crippen LogP contribution in [0.2, 0.25) is 0 Å². The summed E-state index contributed by atoms with van der Waals surface area (Å²) in [5, 5.41) is 20.4. The molecule has 0 saturated heterocycles. The molecular weight excluding hydrogens is 449 g/mol. The highest BCUT2D eigenvalue weighted by atomic mass is 19.1. The van der Waals surface area contributed by atoms with E-state index in [1.807, 2.05) is 0 Å². The Morgan fingerprint density at radius 3 is 2.59 bits per heavy atom. The molecule has 180 valence electrons. The van der Waals surface area contributed by atoms with Crippen molar-refractivity contribution in [3.63, 3.8) is 0 Å². The number of carbonyl (C=O) groups excluding carboxylic acids is 1. The van der Waals surface area contributed by atoms with Crippen LogP contribution in [0.1, 0.15) is 47.2 Å². The average molecular weight is 473 g/mol. The number of carboxylic acid groups (broad SMARTS) is 2. The third kappa shape index (κ3) is 5.97. The molecule has 0 bridgehead atoms. The number of nitrogens with one attached hydrogen (secondary N) is 3. The summed E-state index contributed by atoms with van der Waals surface area (Å²) >= 11 is 0. The van der Waals surface area contributed by atoms with Gasteiger partial charge in [0.2, 0.25) is 5.95 Å². The van der Waals surface area contributed by atoms with Crippen LogP contribution in [0.15, 0.2) is 29.2 Å². The van der Waals surface area contributed by atoms with Crippen LogP contribution in [0.4, 0.5) is 10.3 Å². The van der Waals surface area contributed by atoms with E-state index < -0.39 is 36.1 Å². The third-order valence-corrected chi connectivity index (χ3v) is 5.33. The van der Waals surface area contributed by atoms with Gasteiger partial charge in [0, 0.05) is 12.6 Å². The number of nitrogens with two attached hydrogens (primary N) is 1. The average Bonchev–Trinajstić information content (AvgIpc) is 3.16. The van der Waals surface area contributed by atoms with Crippen LogP contribution in [-0.4, -0.2) is 49.1 Å². The lowest BCUT2D eigenvalue weighted by Gasteiger charge is -2.14. The Hall–Kier alpha value is -4.22. The number of hydrogen-bond acceptors (Lipinski definition) is 6. The minimum atomic E-state index is -1.44. The Bertz CT molecular complexity index is 1280. The highest BCUT2D eigenvalue weighted by Gasteiger charge is 2.23. The molecule has 7 N–H and O–H groups in total. The van der Waals surface area contributed by atoms with Gasteiger partial charge in [-0.25, -0.2) is 9.18 Å². The first kappa shape index (κ1) is 24.4. The summed E-state index contributed by atoms with van der Waals surface area (Å²) in [6, 6.07) is 2.62. The summed E-state index contributed by atoms with van der Waals surface area (Å²) in [4.78, 5) is 55.7. The number of aromatic nitrogens is 3. The summed E-state index contributed by atoms with van der Waals surface area (Å²) in [5.41, 5.74) is 6.77. The lowest BCUT2D eigenvalue weighted by atomic mass is 10.0. The van der Waals surface area contributed by atoms with Gasteiger partial charge < -0.3 is 26.2 Å². The van der Waals surface area contributed by atoms with Gasteiger partial charge in [-0.05, 0) is 55.4 Å². The van der Waals surface area contributed by atoms with E-state index in [4.69, 9.17) is 15.9 Å². The highest BCUT2D eigenvalue weighted by molar-refractivity contribution is 5.97. The second-order valence-electron chi connectivity index (χ2n) is 7.81. The van der Waals surface area contributed by atoms with Crippen molar-refractivity contribution in [3.8, 4) is 0 Å². The lowest BCUT2D eigenvalue weighted by Crippen LogP contribution is -2.41. The lowest BCUT2D eigenvalue weighted by molar-refractivity contribution is -0.140. The second-order valence-corrected chi connectivity index (χ2v) is 7.81. The van der Waals surface area contributed by atoms with E-state index in [-0.39, 0.29) is 23.5 Å². The minimum Gasteiger partial charge on any atom is -0.481 e. The van der Waals surface area contributed by atoms with Gasteiger partial charge in [0.05, 0.1) is 10.9 Å². The standard InChI is InChI=1S/C22H24FN5O6/c23-14-9-11(5-6-13(14)19(31)26-15(21(33)34)7-8-16(29)30)3-1-2-4-12-10-25-18-17(12)20(32)28-22(24)27-18/h5-6,9-10,15H,1-4,7-8H2,(H,26,31)(H,29,30)(H,33,34)(H4,24,25,27,28,32)/t15-/m0/s1. The molecule has 0 spiro atoms. The Balaban J connectivity index is 1.56. The summed E-state index contributed by atoms with van der Waals surface area (Å²) in [6.07, 6.45) is 3.47. The van der Waals surface area contributed by atoms with E-state index in [2.05, 4.69) is 20.3 Å². The van der Waals surface area contributed by atoms with Gasteiger partial charge in [0.15, 0.2) is 0 Å². The normalized spacial score (nSPS) is 11.9. The molecule has 0 aliphatic heterocycles. The first-order chi connectivity index (χ1) is 16.2. The highest BCUT2D eigenvalue weighted by Crippen LogP contribution is 2.17. The number of nitrogen functional groups attached to an aromatic ring is 1. The van der Waals surface area contributed by atoms with E-state index in [1.54, 1.807) is 12.3 Å². The Labute approximate surface area is 192 Å². The van der Waals surface area contributed by atoms with E-state index in [9.17, 15) is 23.6 Å². The Morgan fingerprint density at radius 2 is 1.91 bits per heavy atom. The van der Waals surface area contributed by atoms with Gasteiger partial charge in [-0.15, -0.1) is 0 Å². The number of benzene rings is 1. The maximum atomic E-state index is 14.5. The topological polar surface area (TPSA) is 191 Å². The van der Waals surface area contributed by atoms with Gasteiger partial charge >= 0.3 is 11.9 Å². The molecule has 0 radical (unpaired) electrons. The largest absolute Gasteiger partial charge is 0.481 e. The molecule has 12 heteroatoms. The van der Waals surface area contributed by atoms with Crippen LogP contribution >= 0.6 is 0 Å². The van der Waals surface area contributed by atoms with Gasteiger partial charge in [-0.2, -0.15) is 4.98 Å². The van der Waals surface area contributed by atoms with Crippen molar-refractivity contribution in [2.75, 3.05) is 5.73 Å². The smallest absolute Gasteiger partial charge is 0.326 e. The number of carboxylic acids is 2. The van der Waals surface area contributed by atoms with Gasteiger partial charge in [0.1, 0.15) is 17.5 Å². The molecule has 3 rings (SSSR count). The molecule has 11 nitrogen and oxygen atoms in total. The molecule has 1 atom stereocenters. The summed E-state index contributed by atoms with van der Waals surface area (Å²) < 4.78 is 14.5. The van der Waals surface area contributed by atoms with Crippen LogP contribution < -0.4 is 16.6 Å². The number of rotatable bonds is 11. The van der Waals surface area contributed by atoms with Crippen molar-refractivity contribution >= 4 is 34.8 Å². The zero-order valence-corrected chi connectivity index (χ0v) is 18.1. The predicted octanol–water partition coefficient (Wildman–Crippen LogP) is 1.59. The van der Waals surface area contributed by atoms with E-state index in [1.165, 1.54) is 12.1 Å². The third-order valence-electron chi connectivity index (χ3n) is 5.33. The molecule has 0 aliphatic rings. The van der Waals surface area contributed by atoms with E-state index in [0.29, 0.717) is 42.3 Å². The fourth-order valence-corrected chi connectivity index (χ4v) is 3.62. The van der Waals surface area contributed by atoms with Crippen LogP contribution in [0.5, 0.6) is 0 Å². The van der Waals surface area contributed by atoms with Crippen LogP contribution in [0, 0.1) is 5.82 Å². The maximum Gasteiger partial charge on any atom is 0.326 e. The zero-order valence-electron chi connectivity index (χ0n) is 18.1. The Kier molecular flexibility index (Phi) is 7.61. The number of aryl methyl sites for hydroxylation is 2. The first-order valence-electron chi connectivity index (χ1n) is 10.6. The number of anilines is 1. The van der Waals surface area contributed by atoms with E-state index in [0.717, 1.165) is 5.56 Å². The zero-order chi connectivity index (χ0) is 24.8. The quantitative estimate of drug-likeness (QED) is 0.226. The van der Waals surface area contributed by atoms with Crippen molar-refractivity contribution in [2.24, 2.45) is 0 Å². The van der Waals surface area contributed by atoms with E-state index >= 15 is 0 Å². The number of H-pyrrole nitrogens is 2. The van der Waals surface area contributed by atoms with Crippen LogP contribution in [0.25, 0.3) is 11.0 Å². The molecule has 0 fully saturated rings. The number of unbranched alkanes of at least 4 members (excludes halogenated alkanes) is 1. The van der Waals surface area contributed by atoms with Crippen LogP contribution in [-0.2, 0) is 22.4 Å². The number of carbonyl (C=O) groups is 3. The SMILES string of the molecule is Nc1nc2[nH]cc(CCCCc3ccc(C(=O)N[C@@H](CCC(=O)O)C(=O)O)c(F)c3)c2c(=O)[nH]1. The molecule has 2 aromatic heterocycles. The fraction of sp³-hybridized carbons (Fsp3) is 0.318. The molecule has 34 heavy (non-hydrogen) atoms. The van der Waals surface area contributed by atoms with Crippen molar-refractivity contribution in [1.82, 2.24) is 20.3 Å². The molecule has 2 heterocycles. The monoisotopic (exact) mass is 473 g/mol. The summed E-state index contributed by atoms with van der Waals surface area (Å²) in [7, 11) is 0. The number of amides is 1. The maximum absolute atomic E-state index is 14.5. The number of halogens is 1. The summed E-state index contributed by atoms with van der Waals surface area (Å²) in [5.74, 6) is -4.30. The summed E-state index contributed by atoms with van der Waals surface area (Å²) in [6.45, 7) is 0. The van der Waals surface area contributed by atoms with Crippen LogP contribution in [0.3, 0.4) is 0 Å². The van der Waals surface area contributed by atoms with Crippen molar-refractivity contribution in [3.05, 3.63) is 57.3 Å². The molecule has 0 unspecified atom stereocenters. The fourth-order valence-electron chi connectivity index (χ4n) is 3.62. The molecular formula is C22H24FN5O6. The predicted molar refractivity (Wildman–Crippen MR) is 120 cm³/mol. The minimum absolute atomic E-state index is 0.0313. The molecule has 1 amide bonds. The van der Waals surface area contributed by atoms with Gasteiger partial charge in [-0.3, -0.25) is 19.4 Å². The number of aliphatic carboxylic acids is 2. The van der Waals surface area contributed by atoms with Gasteiger partial charge in [-0.1, -0.05) is 6.07 Å². The number of hydrogen-bond donors (Lipinski definition) is 6. The molecule has 0 aliphatic carbocycles. The van der Waals surface area contributed by atoms with Crippen molar-refractivity contribution in [2.45, 2.75) is 44.6 Å². The van der Waals surface area contributed by atoms with Gasteiger partial charge in [0.25, 0.3) is 11.5 Å². The molecule has 3 aromatic rings. The second kappa shape index (κ2) is 10.6. The molecule has 0 saturated carbocycles. The van der Waals surface area contributed by atoms with Crippen molar-refractivity contribution in [1.29, 1.82) is 0 Å². The molecule has 1 aromatic carbocycles. The number of nitrogens with zero attached hydrogens (tertiary/aromatic N) is 1. The number of aromatic amines is 2. The Morgan fingerprint density at radius 1 is 1.18 bits per heavy atom. The van der Waals surface area contributed by atoms with Crippen molar-refractivity contribution < 1.29 is 29.0 Å².